The van der Waals surface area contributed by atoms with E-state index in [1.165, 1.54) is 12.1 Å². The van der Waals surface area contributed by atoms with Crippen LogP contribution in [-0.4, -0.2) is 31.7 Å². The summed E-state index contributed by atoms with van der Waals surface area (Å²) in [7, 11) is 1.65. The third kappa shape index (κ3) is 3.65. The van der Waals surface area contributed by atoms with Crippen LogP contribution in [0.1, 0.15) is 35.8 Å². The first-order valence-electron chi connectivity index (χ1n) is 10.3. The standard InChI is InChI=1S/C23H23FN6O/c1-15-13-29(14-25-15)20-11-10-18(12-22(20)31-2)26-23-21-5-3-4-19(30(21)28-27-23)16-6-8-17(24)9-7-16/h6-14,19,26H,3-5H2,1-2H3. The molecule has 3 heterocycles. The molecular formula is C23H23FN6O. The van der Waals surface area contributed by atoms with Gasteiger partial charge in [0, 0.05) is 18.0 Å². The minimum atomic E-state index is -0.232. The molecule has 1 atom stereocenters. The fourth-order valence-corrected chi connectivity index (χ4v) is 4.13. The molecule has 7 nitrogen and oxygen atoms in total. The lowest BCUT2D eigenvalue weighted by atomic mass is 9.96. The van der Waals surface area contributed by atoms with Crippen LogP contribution < -0.4 is 10.1 Å². The van der Waals surface area contributed by atoms with Crippen molar-refractivity contribution in [2.45, 2.75) is 32.2 Å². The van der Waals surface area contributed by atoms with Crippen LogP contribution in [0.4, 0.5) is 15.9 Å². The highest BCUT2D eigenvalue weighted by Crippen LogP contribution is 2.34. The number of methoxy groups -OCH3 is 1. The van der Waals surface area contributed by atoms with Gasteiger partial charge in [-0.2, -0.15) is 0 Å². The van der Waals surface area contributed by atoms with Gasteiger partial charge in [0.25, 0.3) is 0 Å². The molecule has 31 heavy (non-hydrogen) atoms. The third-order valence-electron chi connectivity index (χ3n) is 5.66. The third-order valence-corrected chi connectivity index (χ3v) is 5.66. The van der Waals surface area contributed by atoms with Gasteiger partial charge in [-0.15, -0.1) is 5.10 Å². The van der Waals surface area contributed by atoms with Crippen molar-refractivity contribution in [3.8, 4) is 11.4 Å². The summed E-state index contributed by atoms with van der Waals surface area (Å²) in [5.41, 5.74) is 4.81. The Labute approximate surface area is 179 Å². The van der Waals surface area contributed by atoms with Gasteiger partial charge >= 0.3 is 0 Å². The maximum Gasteiger partial charge on any atom is 0.176 e. The Morgan fingerprint density at radius 2 is 2.00 bits per heavy atom. The summed E-state index contributed by atoms with van der Waals surface area (Å²) < 4.78 is 22.8. The summed E-state index contributed by atoms with van der Waals surface area (Å²) >= 11 is 0. The van der Waals surface area contributed by atoms with E-state index >= 15 is 0 Å². The van der Waals surface area contributed by atoms with E-state index in [1.807, 2.05) is 52.7 Å². The van der Waals surface area contributed by atoms with Gasteiger partial charge < -0.3 is 14.6 Å². The number of aromatic nitrogens is 5. The van der Waals surface area contributed by atoms with Gasteiger partial charge in [-0.25, -0.2) is 14.1 Å². The summed E-state index contributed by atoms with van der Waals surface area (Å²) in [5.74, 6) is 1.23. The van der Waals surface area contributed by atoms with Gasteiger partial charge in [-0.3, -0.25) is 0 Å². The van der Waals surface area contributed by atoms with E-state index in [0.29, 0.717) is 0 Å². The lowest BCUT2D eigenvalue weighted by Crippen LogP contribution is -2.20. The van der Waals surface area contributed by atoms with Gasteiger partial charge in [0.15, 0.2) is 5.82 Å². The second-order valence-electron chi connectivity index (χ2n) is 7.72. The number of imidazole rings is 1. The number of benzene rings is 2. The molecule has 2 aromatic carbocycles. The molecular weight excluding hydrogens is 395 g/mol. The smallest absolute Gasteiger partial charge is 0.176 e. The number of rotatable bonds is 5. The van der Waals surface area contributed by atoms with E-state index in [9.17, 15) is 4.39 Å². The quantitative estimate of drug-likeness (QED) is 0.513. The molecule has 0 bridgehead atoms. The number of nitrogens with zero attached hydrogens (tertiary/aromatic N) is 5. The summed E-state index contributed by atoms with van der Waals surface area (Å²) in [6, 6.07) is 12.6. The number of hydrogen-bond acceptors (Lipinski definition) is 5. The highest BCUT2D eigenvalue weighted by Gasteiger charge is 2.26. The minimum absolute atomic E-state index is 0.0637. The van der Waals surface area contributed by atoms with E-state index in [2.05, 4.69) is 20.6 Å². The molecule has 1 aliphatic rings. The molecule has 158 valence electrons. The van der Waals surface area contributed by atoms with Crippen LogP contribution in [0.3, 0.4) is 0 Å². The topological polar surface area (TPSA) is 69.8 Å². The molecule has 0 spiro atoms. The first kappa shape index (κ1) is 19.3. The molecule has 0 amide bonds. The zero-order valence-electron chi connectivity index (χ0n) is 17.4. The van der Waals surface area contributed by atoms with Crippen LogP contribution in [0.15, 0.2) is 55.0 Å². The predicted molar refractivity (Wildman–Crippen MR) is 116 cm³/mol. The predicted octanol–water partition coefficient (Wildman–Crippen LogP) is 4.59. The van der Waals surface area contributed by atoms with Gasteiger partial charge in [0.1, 0.15) is 11.6 Å². The van der Waals surface area contributed by atoms with Crippen LogP contribution >= 0.6 is 0 Å². The van der Waals surface area contributed by atoms with Crippen molar-refractivity contribution in [3.63, 3.8) is 0 Å². The molecule has 0 saturated carbocycles. The lowest BCUT2D eigenvalue weighted by molar-refractivity contribution is 0.409. The molecule has 2 aromatic heterocycles. The highest BCUT2D eigenvalue weighted by molar-refractivity contribution is 5.64. The van der Waals surface area contributed by atoms with Crippen molar-refractivity contribution in [2.75, 3.05) is 12.4 Å². The van der Waals surface area contributed by atoms with Gasteiger partial charge in [0.05, 0.1) is 36.6 Å². The molecule has 5 rings (SSSR count). The van der Waals surface area contributed by atoms with Crippen LogP contribution in [0, 0.1) is 12.7 Å². The first-order chi connectivity index (χ1) is 15.1. The van der Waals surface area contributed by atoms with Crippen molar-refractivity contribution in [3.05, 3.63) is 77.8 Å². The van der Waals surface area contributed by atoms with Crippen LogP contribution in [0.2, 0.25) is 0 Å². The van der Waals surface area contributed by atoms with Crippen molar-refractivity contribution < 1.29 is 9.13 Å². The number of nitrogens with one attached hydrogen (secondary N) is 1. The minimum Gasteiger partial charge on any atom is -0.494 e. The van der Waals surface area contributed by atoms with Gasteiger partial charge in [-0.1, -0.05) is 17.3 Å². The van der Waals surface area contributed by atoms with E-state index in [4.69, 9.17) is 4.74 Å². The second kappa shape index (κ2) is 7.86. The van der Waals surface area contributed by atoms with E-state index in [1.54, 1.807) is 13.4 Å². The number of aryl methyl sites for hydroxylation is 1. The van der Waals surface area contributed by atoms with Crippen LogP contribution in [0.5, 0.6) is 5.75 Å². The van der Waals surface area contributed by atoms with Gasteiger partial charge in [0.2, 0.25) is 0 Å². The largest absolute Gasteiger partial charge is 0.494 e. The maximum atomic E-state index is 13.3. The zero-order valence-corrected chi connectivity index (χ0v) is 17.4. The van der Waals surface area contributed by atoms with E-state index in [0.717, 1.165) is 59.2 Å². The number of anilines is 2. The summed E-state index contributed by atoms with van der Waals surface area (Å²) in [5, 5.41) is 12.2. The highest BCUT2D eigenvalue weighted by atomic mass is 19.1. The molecule has 1 N–H and O–H groups in total. The Kier molecular flexibility index (Phi) is 4.89. The number of hydrogen-bond donors (Lipinski definition) is 1. The number of halogens is 1. The Bertz CT molecular complexity index is 1210. The van der Waals surface area contributed by atoms with E-state index in [-0.39, 0.29) is 11.9 Å². The fourth-order valence-electron chi connectivity index (χ4n) is 4.13. The average Bonchev–Trinajstić information content (AvgIpc) is 3.40. The molecule has 0 fully saturated rings. The summed E-state index contributed by atoms with van der Waals surface area (Å²) in [6.45, 7) is 1.95. The molecule has 0 saturated heterocycles. The number of ether oxygens (including phenoxy) is 1. The zero-order chi connectivity index (χ0) is 21.4. The van der Waals surface area contributed by atoms with E-state index < -0.39 is 0 Å². The lowest BCUT2D eigenvalue weighted by Gasteiger charge is -2.24. The monoisotopic (exact) mass is 418 g/mol. The Balaban J connectivity index is 1.43. The Morgan fingerprint density at radius 3 is 2.74 bits per heavy atom. The molecule has 1 aliphatic heterocycles. The molecule has 4 aromatic rings. The maximum absolute atomic E-state index is 13.3. The number of fused-ring (bicyclic) bond motifs is 1. The van der Waals surface area contributed by atoms with Crippen molar-refractivity contribution >= 4 is 11.5 Å². The summed E-state index contributed by atoms with van der Waals surface area (Å²) in [4.78, 5) is 4.29. The normalized spacial score (nSPS) is 15.5. The molecule has 0 aliphatic carbocycles. The molecule has 1 unspecified atom stereocenters. The molecule has 8 heteroatoms. The average molecular weight is 418 g/mol. The van der Waals surface area contributed by atoms with Crippen molar-refractivity contribution in [2.24, 2.45) is 0 Å². The Hall–Kier alpha value is -3.68. The van der Waals surface area contributed by atoms with Crippen molar-refractivity contribution in [1.82, 2.24) is 24.5 Å². The van der Waals surface area contributed by atoms with Crippen molar-refractivity contribution in [1.29, 1.82) is 0 Å². The first-order valence-corrected chi connectivity index (χ1v) is 10.3. The van der Waals surface area contributed by atoms with Crippen LogP contribution in [0.25, 0.3) is 5.69 Å². The SMILES string of the molecule is COc1cc(Nc2nnn3c2CCCC3c2ccc(F)cc2)ccc1-n1cnc(C)c1. The summed E-state index contributed by atoms with van der Waals surface area (Å²) in [6.07, 6.45) is 6.58. The molecule has 0 radical (unpaired) electrons. The Morgan fingerprint density at radius 1 is 1.16 bits per heavy atom. The fraction of sp³-hybridized carbons (Fsp3) is 0.261. The van der Waals surface area contributed by atoms with Crippen LogP contribution in [-0.2, 0) is 6.42 Å². The van der Waals surface area contributed by atoms with Gasteiger partial charge in [-0.05, 0) is 56.0 Å². The second-order valence-corrected chi connectivity index (χ2v) is 7.72.